The van der Waals surface area contributed by atoms with Gasteiger partial charge in [0.2, 0.25) is 5.13 Å². The highest BCUT2D eigenvalue weighted by molar-refractivity contribution is 9.11. The Bertz CT molecular complexity index is 719. The van der Waals surface area contributed by atoms with Crippen LogP contribution in [0.1, 0.15) is 16.2 Å². The number of hydrogen-bond acceptors (Lipinski definition) is 5. The smallest absolute Gasteiger partial charge is 0.337 e. The normalized spacial score (nSPS) is 10.2. The lowest BCUT2D eigenvalue weighted by molar-refractivity contribution is 0.0698. The lowest BCUT2D eigenvalue weighted by Crippen LogP contribution is -2.21. The highest BCUT2D eigenvalue weighted by Crippen LogP contribution is 2.31. The molecular weight excluding hydrogens is 428 g/mol. The number of hydrogen-bond donors (Lipinski definition) is 3. The van der Waals surface area contributed by atoms with Gasteiger partial charge < -0.3 is 10.4 Å². The van der Waals surface area contributed by atoms with E-state index in [0.717, 1.165) is 11.5 Å². The standard InChI is InChI=1S/C11H8Br2N4O3S/c1-4-14-11(21-17-4)16-10(20)15-8-6(9(18)19)2-5(12)3-7(8)13/h2-3H,1H3,(H,18,19)(H2,14,15,16,17,20). The minimum atomic E-state index is -1.15. The number of urea groups is 1. The lowest BCUT2D eigenvalue weighted by atomic mass is 10.2. The van der Waals surface area contributed by atoms with Crippen LogP contribution in [-0.4, -0.2) is 26.5 Å². The van der Waals surface area contributed by atoms with Gasteiger partial charge in [-0.1, -0.05) is 15.9 Å². The van der Waals surface area contributed by atoms with Gasteiger partial charge in [-0.05, 0) is 35.0 Å². The van der Waals surface area contributed by atoms with Crippen LogP contribution in [0.2, 0.25) is 0 Å². The van der Waals surface area contributed by atoms with Gasteiger partial charge in [0.1, 0.15) is 5.82 Å². The van der Waals surface area contributed by atoms with Crippen molar-refractivity contribution in [2.75, 3.05) is 10.6 Å². The number of carboxylic acids is 1. The highest BCUT2D eigenvalue weighted by Gasteiger charge is 2.17. The Morgan fingerprint density at radius 1 is 1.29 bits per heavy atom. The van der Waals surface area contributed by atoms with Crippen LogP contribution in [-0.2, 0) is 0 Å². The van der Waals surface area contributed by atoms with Crippen LogP contribution in [0.3, 0.4) is 0 Å². The molecule has 110 valence electrons. The molecule has 0 saturated carbocycles. The van der Waals surface area contributed by atoms with Gasteiger partial charge in [-0.2, -0.15) is 4.37 Å². The average molecular weight is 436 g/mol. The molecule has 2 aromatic rings. The largest absolute Gasteiger partial charge is 0.478 e. The molecule has 2 rings (SSSR count). The van der Waals surface area contributed by atoms with Crippen molar-refractivity contribution in [1.29, 1.82) is 0 Å². The van der Waals surface area contributed by atoms with Gasteiger partial charge in [-0.3, -0.25) is 5.32 Å². The molecule has 2 amide bonds. The number of benzene rings is 1. The van der Waals surface area contributed by atoms with Crippen LogP contribution < -0.4 is 10.6 Å². The zero-order chi connectivity index (χ0) is 15.6. The van der Waals surface area contributed by atoms with E-state index in [4.69, 9.17) is 0 Å². The van der Waals surface area contributed by atoms with Crippen LogP contribution >= 0.6 is 43.4 Å². The first kappa shape index (κ1) is 15.9. The molecule has 1 aromatic carbocycles. The van der Waals surface area contributed by atoms with E-state index >= 15 is 0 Å². The van der Waals surface area contributed by atoms with Crippen molar-refractivity contribution in [2.24, 2.45) is 0 Å². The molecule has 0 fully saturated rings. The van der Waals surface area contributed by atoms with Crippen LogP contribution in [0.4, 0.5) is 15.6 Å². The van der Waals surface area contributed by atoms with E-state index in [-0.39, 0.29) is 11.3 Å². The van der Waals surface area contributed by atoms with Crippen molar-refractivity contribution in [3.63, 3.8) is 0 Å². The third-order valence-electron chi connectivity index (χ3n) is 2.27. The maximum absolute atomic E-state index is 11.9. The molecule has 0 radical (unpaired) electrons. The molecule has 10 heteroatoms. The van der Waals surface area contributed by atoms with Gasteiger partial charge in [0, 0.05) is 20.5 Å². The van der Waals surface area contributed by atoms with Crippen molar-refractivity contribution in [1.82, 2.24) is 9.36 Å². The molecule has 21 heavy (non-hydrogen) atoms. The number of aryl methyl sites for hydroxylation is 1. The van der Waals surface area contributed by atoms with Crippen molar-refractivity contribution in [3.05, 3.63) is 32.5 Å². The number of nitrogens with zero attached hydrogens (tertiary/aromatic N) is 2. The molecule has 7 nitrogen and oxygen atoms in total. The Balaban J connectivity index is 2.22. The van der Waals surface area contributed by atoms with Crippen LogP contribution in [0.15, 0.2) is 21.1 Å². The summed E-state index contributed by atoms with van der Waals surface area (Å²) >= 11 is 7.46. The topological polar surface area (TPSA) is 104 Å². The summed E-state index contributed by atoms with van der Waals surface area (Å²) < 4.78 is 4.95. The van der Waals surface area contributed by atoms with E-state index in [1.54, 1.807) is 13.0 Å². The van der Waals surface area contributed by atoms with E-state index in [1.165, 1.54) is 6.07 Å². The van der Waals surface area contributed by atoms with E-state index in [0.29, 0.717) is 19.9 Å². The van der Waals surface area contributed by atoms with Gasteiger partial charge in [-0.25, -0.2) is 14.6 Å². The quantitative estimate of drug-likeness (QED) is 0.681. The van der Waals surface area contributed by atoms with E-state index in [1.807, 2.05) is 0 Å². The zero-order valence-corrected chi connectivity index (χ0v) is 14.5. The Morgan fingerprint density at radius 2 is 2.00 bits per heavy atom. The number of nitrogens with one attached hydrogen (secondary N) is 2. The summed E-state index contributed by atoms with van der Waals surface area (Å²) in [5, 5.41) is 14.5. The van der Waals surface area contributed by atoms with Gasteiger partial charge in [-0.15, -0.1) is 0 Å². The summed E-state index contributed by atoms with van der Waals surface area (Å²) in [6.07, 6.45) is 0. The first-order valence-electron chi connectivity index (χ1n) is 5.47. The summed E-state index contributed by atoms with van der Waals surface area (Å²) in [6.45, 7) is 1.70. The Morgan fingerprint density at radius 3 is 2.57 bits per heavy atom. The number of carbonyl (C=O) groups is 2. The molecule has 0 bridgehead atoms. The number of anilines is 2. The van der Waals surface area contributed by atoms with Crippen LogP contribution in [0.25, 0.3) is 0 Å². The molecule has 1 heterocycles. The van der Waals surface area contributed by atoms with E-state index < -0.39 is 12.0 Å². The lowest BCUT2D eigenvalue weighted by Gasteiger charge is -2.11. The molecule has 0 saturated heterocycles. The predicted octanol–water partition coefficient (Wildman–Crippen LogP) is 3.71. The molecule has 0 aliphatic rings. The third-order valence-corrected chi connectivity index (χ3v) is 4.08. The number of halogens is 2. The van der Waals surface area contributed by atoms with Crippen molar-refractivity contribution in [3.8, 4) is 0 Å². The number of aromatic carboxylic acids is 1. The highest BCUT2D eigenvalue weighted by atomic mass is 79.9. The minimum absolute atomic E-state index is 0.0418. The van der Waals surface area contributed by atoms with Gasteiger partial charge in [0.15, 0.2) is 0 Å². The van der Waals surface area contributed by atoms with Crippen LogP contribution in [0, 0.1) is 6.92 Å². The average Bonchev–Trinajstić information content (AvgIpc) is 2.77. The first-order chi connectivity index (χ1) is 9.86. The number of amides is 2. The second-order valence-corrected chi connectivity index (χ2v) is 6.36. The second kappa shape index (κ2) is 6.50. The Kier molecular flexibility index (Phi) is 4.91. The number of aromatic nitrogens is 2. The first-order valence-corrected chi connectivity index (χ1v) is 7.83. The summed E-state index contributed by atoms with van der Waals surface area (Å²) in [4.78, 5) is 27.1. The molecule has 0 spiro atoms. The fraction of sp³-hybridized carbons (Fsp3) is 0.0909. The summed E-state index contributed by atoms with van der Waals surface area (Å²) in [5.74, 6) is -0.606. The van der Waals surface area contributed by atoms with Gasteiger partial charge >= 0.3 is 12.0 Å². The third kappa shape index (κ3) is 3.99. The fourth-order valence-corrected chi connectivity index (χ4v) is 3.35. The monoisotopic (exact) mass is 434 g/mol. The SMILES string of the molecule is Cc1nsc(NC(=O)Nc2c(Br)cc(Br)cc2C(=O)O)n1. The maximum Gasteiger partial charge on any atom is 0.337 e. The number of carbonyl (C=O) groups excluding carboxylic acids is 1. The number of rotatable bonds is 3. The second-order valence-electron chi connectivity index (χ2n) is 3.84. The summed E-state index contributed by atoms with van der Waals surface area (Å²) in [6, 6.07) is 2.44. The minimum Gasteiger partial charge on any atom is -0.478 e. The van der Waals surface area contributed by atoms with E-state index in [9.17, 15) is 14.7 Å². The number of carboxylic acid groups (broad SMARTS) is 1. The zero-order valence-electron chi connectivity index (χ0n) is 10.5. The van der Waals surface area contributed by atoms with Crippen molar-refractivity contribution < 1.29 is 14.7 Å². The molecule has 0 atom stereocenters. The van der Waals surface area contributed by atoms with Crippen molar-refractivity contribution in [2.45, 2.75) is 6.92 Å². The molecule has 0 unspecified atom stereocenters. The van der Waals surface area contributed by atoms with Crippen LogP contribution in [0.5, 0.6) is 0 Å². The van der Waals surface area contributed by atoms with E-state index in [2.05, 4.69) is 51.9 Å². The summed E-state index contributed by atoms with van der Waals surface area (Å²) in [5.41, 5.74) is 0.115. The molecule has 0 aliphatic heterocycles. The van der Waals surface area contributed by atoms with Crippen molar-refractivity contribution >= 4 is 66.2 Å². The molecular formula is C11H8Br2N4O3S. The molecule has 1 aromatic heterocycles. The maximum atomic E-state index is 11.9. The molecule has 0 aliphatic carbocycles. The predicted molar refractivity (Wildman–Crippen MR) is 86.1 cm³/mol. The van der Waals surface area contributed by atoms with Gasteiger partial charge in [0.25, 0.3) is 0 Å². The molecule has 3 N–H and O–H groups in total. The Labute approximate surface area is 140 Å². The summed E-state index contributed by atoms with van der Waals surface area (Å²) in [7, 11) is 0. The van der Waals surface area contributed by atoms with Gasteiger partial charge in [0.05, 0.1) is 11.3 Å². The Hall–Kier alpha value is -1.52. The fourth-order valence-electron chi connectivity index (χ4n) is 1.46.